The molecule has 0 saturated carbocycles. The van der Waals surface area contributed by atoms with Crippen LogP contribution in [0.4, 0.5) is 4.39 Å². The van der Waals surface area contributed by atoms with Crippen molar-refractivity contribution in [1.82, 2.24) is 15.5 Å². The van der Waals surface area contributed by atoms with Gasteiger partial charge in [0.2, 0.25) is 0 Å². The molecule has 7 heteroatoms. The fourth-order valence-electron chi connectivity index (χ4n) is 3.08. The molecule has 31 heavy (non-hydrogen) atoms. The molecule has 0 amide bonds. The molecule has 3 N–H and O–H groups in total. The first-order chi connectivity index (χ1) is 14.8. The van der Waals surface area contributed by atoms with E-state index in [-0.39, 0.29) is 11.9 Å². The monoisotopic (exact) mass is 430 g/mol. The molecule has 1 atom stereocenters. The summed E-state index contributed by atoms with van der Waals surface area (Å²) >= 11 is 0. The van der Waals surface area contributed by atoms with E-state index in [0.29, 0.717) is 37.7 Å². The summed E-state index contributed by atoms with van der Waals surface area (Å²) in [6.45, 7) is 7.84. The first-order valence-corrected chi connectivity index (χ1v) is 10.7. The minimum absolute atomic E-state index is 0.0720. The van der Waals surface area contributed by atoms with Crippen LogP contribution in [0.15, 0.2) is 47.5 Å². The molecule has 6 nitrogen and oxygen atoms in total. The highest BCUT2D eigenvalue weighted by Crippen LogP contribution is 2.20. The van der Waals surface area contributed by atoms with Crippen LogP contribution in [0.2, 0.25) is 0 Å². The van der Waals surface area contributed by atoms with Crippen LogP contribution < -0.4 is 15.4 Å². The van der Waals surface area contributed by atoms with Gasteiger partial charge in [-0.25, -0.2) is 9.38 Å². The van der Waals surface area contributed by atoms with E-state index in [9.17, 15) is 9.50 Å². The van der Waals surface area contributed by atoms with Crippen LogP contribution in [0.3, 0.4) is 0 Å². The molecule has 2 rings (SSSR count). The topological polar surface area (TPSA) is 69.1 Å². The Kier molecular flexibility index (Phi) is 9.75. The lowest BCUT2D eigenvalue weighted by atomic mass is 10.1. The van der Waals surface area contributed by atoms with Gasteiger partial charge in [0.1, 0.15) is 11.6 Å². The lowest BCUT2D eigenvalue weighted by molar-refractivity contribution is 0.179. The Hall–Kier alpha value is -2.64. The van der Waals surface area contributed by atoms with Gasteiger partial charge < -0.3 is 25.4 Å². The highest BCUT2D eigenvalue weighted by molar-refractivity contribution is 5.79. The first kappa shape index (κ1) is 24.6. The summed E-state index contributed by atoms with van der Waals surface area (Å²) in [7, 11) is 3.82. The maximum atomic E-state index is 14.0. The summed E-state index contributed by atoms with van der Waals surface area (Å²) < 4.78 is 19.7. The molecular formula is C24H35FN4O2. The Labute approximate surface area is 185 Å². The van der Waals surface area contributed by atoms with E-state index in [1.54, 1.807) is 6.07 Å². The van der Waals surface area contributed by atoms with Crippen molar-refractivity contribution in [3.8, 4) is 5.75 Å². The maximum Gasteiger partial charge on any atom is 0.191 e. The molecule has 2 aromatic carbocycles. The predicted molar refractivity (Wildman–Crippen MR) is 124 cm³/mol. The number of nitrogens with zero attached hydrogens (tertiary/aromatic N) is 2. The average molecular weight is 431 g/mol. The number of halogens is 1. The fraction of sp³-hybridized carbons (Fsp3) is 0.458. The van der Waals surface area contributed by atoms with E-state index in [1.165, 1.54) is 6.07 Å². The summed E-state index contributed by atoms with van der Waals surface area (Å²) in [5.41, 5.74) is 2.34. The maximum absolute atomic E-state index is 14.0. The zero-order valence-electron chi connectivity index (χ0n) is 19.2. The second-order valence-electron chi connectivity index (χ2n) is 7.99. The minimum atomic E-state index is -0.711. The highest BCUT2D eigenvalue weighted by atomic mass is 19.1. The smallest absolute Gasteiger partial charge is 0.191 e. The number of nitrogens with one attached hydrogen (secondary N) is 2. The van der Waals surface area contributed by atoms with Crippen molar-refractivity contribution in [2.45, 2.75) is 46.1 Å². The van der Waals surface area contributed by atoms with E-state index in [0.717, 1.165) is 16.9 Å². The molecule has 0 bridgehead atoms. The predicted octanol–water partition coefficient (Wildman–Crippen LogP) is 3.46. The third-order valence-corrected chi connectivity index (χ3v) is 4.44. The lowest BCUT2D eigenvalue weighted by Gasteiger charge is -2.17. The van der Waals surface area contributed by atoms with Crippen LogP contribution >= 0.6 is 0 Å². The molecule has 0 aromatic heterocycles. The molecular weight excluding hydrogens is 395 g/mol. The second-order valence-corrected chi connectivity index (χ2v) is 7.99. The van der Waals surface area contributed by atoms with Crippen LogP contribution in [0.25, 0.3) is 0 Å². The van der Waals surface area contributed by atoms with Crippen molar-refractivity contribution < 1.29 is 14.2 Å². The molecule has 170 valence electrons. The number of guanidine groups is 1. The van der Waals surface area contributed by atoms with Gasteiger partial charge in [-0.05, 0) is 70.3 Å². The van der Waals surface area contributed by atoms with E-state index >= 15 is 0 Å². The van der Waals surface area contributed by atoms with Crippen LogP contribution in [0, 0.1) is 5.82 Å². The number of hydrogen-bond acceptors (Lipinski definition) is 4. The highest BCUT2D eigenvalue weighted by Gasteiger charge is 2.11. The van der Waals surface area contributed by atoms with Crippen LogP contribution in [-0.4, -0.2) is 49.3 Å². The van der Waals surface area contributed by atoms with Crippen molar-refractivity contribution in [2.24, 2.45) is 4.99 Å². The van der Waals surface area contributed by atoms with Crippen LogP contribution in [0.1, 0.15) is 43.6 Å². The first-order valence-electron chi connectivity index (χ1n) is 10.7. The van der Waals surface area contributed by atoms with Crippen LogP contribution in [-0.2, 0) is 13.1 Å². The second kappa shape index (κ2) is 12.3. The Morgan fingerprint density at radius 1 is 1.16 bits per heavy atom. The average Bonchev–Trinajstić information content (AvgIpc) is 2.71. The van der Waals surface area contributed by atoms with Gasteiger partial charge in [-0.15, -0.1) is 0 Å². The Morgan fingerprint density at radius 2 is 1.94 bits per heavy atom. The number of ether oxygens (including phenoxy) is 1. The summed E-state index contributed by atoms with van der Waals surface area (Å²) in [5.74, 6) is 1.12. The van der Waals surface area contributed by atoms with Gasteiger partial charge >= 0.3 is 0 Å². The Balaban J connectivity index is 2.02. The lowest BCUT2D eigenvalue weighted by Crippen LogP contribution is -2.39. The molecule has 0 aliphatic carbocycles. The number of rotatable bonds is 10. The van der Waals surface area contributed by atoms with E-state index in [4.69, 9.17) is 4.74 Å². The SMILES string of the molecule is CCNC(=NCc1ccc(F)c(CN(C)C)c1)NCC(O)c1cccc(OC(C)C)c1. The van der Waals surface area contributed by atoms with E-state index in [1.807, 2.05) is 70.1 Å². The van der Waals surface area contributed by atoms with Crippen molar-refractivity contribution in [3.63, 3.8) is 0 Å². The standard InChI is InChI=1S/C24H35FN4O2/c1-6-26-24(27-14-18-10-11-22(25)20(12-18)16-29(4)5)28-15-23(30)19-8-7-9-21(13-19)31-17(2)3/h7-13,17,23,30H,6,14-16H2,1-5H3,(H2,26,27,28). The molecule has 0 aliphatic heterocycles. The quantitative estimate of drug-likeness (QED) is 0.398. The number of aliphatic hydroxyl groups excluding tert-OH is 1. The van der Waals surface area contributed by atoms with Gasteiger partial charge in [-0.3, -0.25) is 0 Å². The molecule has 0 heterocycles. The van der Waals surface area contributed by atoms with E-state index < -0.39 is 6.10 Å². The number of aliphatic imine (C=N–C) groups is 1. The van der Waals surface area contributed by atoms with Gasteiger partial charge in [0.05, 0.1) is 18.8 Å². The molecule has 2 aromatic rings. The zero-order chi connectivity index (χ0) is 22.8. The Morgan fingerprint density at radius 3 is 2.61 bits per heavy atom. The molecule has 0 saturated heterocycles. The summed E-state index contributed by atoms with van der Waals surface area (Å²) in [6.07, 6.45) is -0.639. The number of benzene rings is 2. The van der Waals surface area contributed by atoms with Crippen molar-refractivity contribution in [2.75, 3.05) is 27.2 Å². The van der Waals surface area contributed by atoms with E-state index in [2.05, 4.69) is 15.6 Å². The van der Waals surface area contributed by atoms with Crippen LogP contribution in [0.5, 0.6) is 5.75 Å². The molecule has 0 radical (unpaired) electrons. The summed E-state index contributed by atoms with van der Waals surface area (Å²) in [4.78, 5) is 6.51. The number of hydrogen-bond donors (Lipinski definition) is 3. The van der Waals surface area contributed by atoms with Crippen molar-refractivity contribution in [1.29, 1.82) is 0 Å². The van der Waals surface area contributed by atoms with Crippen molar-refractivity contribution >= 4 is 5.96 Å². The van der Waals surface area contributed by atoms with Gasteiger partial charge in [0.25, 0.3) is 0 Å². The summed E-state index contributed by atoms with van der Waals surface area (Å²) in [6, 6.07) is 12.5. The molecule has 0 fully saturated rings. The largest absolute Gasteiger partial charge is 0.491 e. The Bertz CT molecular complexity index is 855. The van der Waals surface area contributed by atoms with Gasteiger partial charge in [0.15, 0.2) is 5.96 Å². The van der Waals surface area contributed by atoms with Gasteiger partial charge in [-0.2, -0.15) is 0 Å². The fourth-order valence-corrected chi connectivity index (χ4v) is 3.08. The minimum Gasteiger partial charge on any atom is -0.491 e. The third kappa shape index (κ3) is 8.55. The van der Waals surface area contributed by atoms with Crippen molar-refractivity contribution in [3.05, 3.63) is 65.0 Å². The molecule has 1 unspecified atom stereocenters. The molecule has 0 spiro atoms. The summed E-state index contributed by atoms with van der Waals surface area (Å²) in [5, 5.41) is 16.9. The normalized spacial score (nSPS) is 12.9. The van der Waals surface area contributed by atoms with Gasteiger partial charge in [0, 0.05) is 25.2 Å². The number of aliphatic hydroxyl groups is 1. The zero-order valence-corrected chi connectivity index (χ0v) is 19.2. The third-order valence-electron chi connectivity index (χ3n) is 4.44. The molecule has 0 aliphatic rings. The van der Waals surface area contributed by atoms with Gasteiger partial charge in [-0.1, -0.05) is 18.2 Å².